The zero-order valence-corrected chi connectivity index (χ0v) is 18.8. The fraction of sp³-hybridized carbons (Fsp3) is 0.458. The number of aromatic nitrogens is 2. The van der Waals surface area contributed by atoms with Crippen molar-refractivity contribution < 1.29 is 4.79 Å². The predicted octanol–water partition coefficient (Wildman–Crippen LogP) is 3.45. The molecule has 1 aromatic carbocycles. The first-order chi connectivity index (χ1) is 15.1. The Kier molecular flexibility index (Phi) is 5.52. The van der Waals surface area contributed by atoms with Crippen LogP contribution in [0.25, 0.3) is 10.2 Å². The highest BCUT2D eigenvalue weighted by Gasteiger charge is 2.23. The van der Waals surface area contributed by atoms with Crippen LogP contribution in [0.4, 0.5) is 5.69 Å². The number of carbonyl (C=O) groups is 1. The van der Waals surface area contributed by atoms with E-state index in [1.165, 1.54) is 28.1 Å². The van der Waals surface area contributed by atoms with Crippen molar-refractivity contribution in [3.8, 4) is 0 Å². The molecule has 3 aromatic rings. The molecule has 1 amide bonds. The molecule has 7 heteroatoms. The number of carbonyl (C=O) groups excluding carboxylic acids is 1. The van der Waals surface area contributed by atoms with Crippen LogP contribution in [0.15, 0.2) is 29.1 Å². The molecular weight excluding hydrogens is 408 g/mol. The summed E-state index contributed by atoms with van der Waals surface area (Å²) in [5, 5.41) is 0.780. The highest BCUT2D eigenvalue weighted by molar-refractivity contribution is 7.18. The van der Waals surface area contributed by atoms with Gasteiger partial charge in [-0.3, -0.25) is 9.59 Å². The zero-order valence-electron chi connectivity index (χ0n) is 17.9. The average molecular weight is 437 g/mol. The number of aromatic amines is 1. The van der Waals surface area contributed by atoms with E-state index < -0.39 is 0 Å². The van der Waals surface area contributed by atoms with Gasteiger partial charge in [-0.25, -0.2) is 4.98 Å². The lowest BCUT2D eigenvalue weighted by Gasteiger charge is -2.36. The molecule has 1 aliphatic carbocycles. The van der Waals surface area contributed by atoms with Crippen LogP contribution in [-0.4, -0.2) is 47.0 Å². The van der Waals surface area contributed by atoms with Gasteiger partial charge >= 0.3 is 0 Å². The van der Waals surface area contributed by atoms with Crippen LogP contribution in [0, 0.1) is 6.92 Å². The number of H-pyrrole nitrogens is 1. The molecule has 1 saturated heterocycles. The van der Waals surface area contributed by atoms with E-state index in [0.717, 1.165) is 55.7 Å². The maximum Gasteiger partial charge on any atom is 0.259 e. The van der Waals surface area contributed by atoms with Crippen molar-refractivity contribution in [1.82, 2.24) is 14.9 Å². The number of fused-ring (bicyclic) bond motifs is 3. The van der Waals surface area contributed by atoms with Gasteiger partial charge in [0.25, 0.3) is 5.56 Å². The lowest BCUT2D eigenvalue weighted by Crippen LogP contribution is -2.48. The molecule has 0 spiro atoms. The number of thiophene rings is 1. The van der Waals surface area contributed by atoms with E-state index in [1.807, 2.05) is 4.90 Å². The number of aryl methyl sites for hydroxylation is 4. The Balaban J connectivity index is 1.21. The summed E-state index contributed by atoms with van der Waals surface area (Å²) in [4.78, 5) is 39.5. The van der Waals surface area contributed by atoms with Gasteiger partial charge in [0, 0.05) is 49.6 Å². The minimum atomic E-state index is -0.0429. The van der Waals surface area contributed by atoms with Crippen LogP contribution < -0.4 is 10.5 Å². The fourth-order valence-electron chi connectivity index (χ4n) is 4.75. The van der Waals surface area contributed by atoms with Crippen LogP contribution in [0.3, 0.4) is 0 Å². The normalized spacial score (nSPS) is 16.5. The fourth-order valence-corrected chi connectivity index (χ4v) is 6.03. The number of piperazine rings is 1. The average Bonchev–Trinajstić information content (AvgIpc) is 3.16. The van der Waals surface area contributed by atoms with Crippen LogP contribution in [-0.2, 0) is 24.1 Å². The lowest BCUT2D eigenvalue weighted by molar-refractivity contribution is -0.131. The SMILES string of the molecule is Cc1cccc(N2CCN(C(=O)CCc3nc4sc5c(c4c(=O)[nH]3)CCCC5)CC2)c1. The van der Waals surface area contributed by atoms with Gasteiger partial charge in [0.05, 0.1) is 5.39 Å². The van der Waals surface area contributed by atoms with E-state index in [1.54, 1.807) is 11.3 Å². The lowest BCUT2D eigenvalue weighted by atomic mass is 9.97. The number of hydrogen-bond acceptors (Lipinski definition) is 5. The largest absolute Gasteiger partial charge is 0.368 e. The number of hydrogen-bond donors (Lipinski definition) is 1. The summed E-state index contributed by atoms with van der Waals surface area (Å²) in [5.41, 5.74) is 3.63. The maximum absolute atomic E-state index is 12.8. The Labute approximate surface area is 185 Å². The Morgan fingerprint density at radius 1 is 1.16 bits per heavy atom. The summed E-state index contributed by atoms with van der Waals surface area (Å²) in [6.45, 7) is 5.25. The topological polar surface area (TPSA) is 69.3 Å². The second-order valence-corrected chi connectivity index (χ2v) is 9.69. The van der Waals surface area contributed by atoms with E-state index >= 15 is 0 Å². The summed E-state index contributed by atoms with van der Waals surface area (Å²) in [7, 11) is 0. The van der Waals surface area contributed by atoms with E-state index in [4.69, 9.17) is 4.98 Å². The maximum atomic E-state index is 12.8. The van der Waals surface area contributed by atoms with Gasteiger partial charge in [-0.1, -0.05) is 12.1 Å². The molecule has 5 rings (SSSR count). The van der Waals surface area contributed by atoms with Gasteiger partial charge in [0.2, 0.25) is 5.91 Å². The molecule has 0 saturated carbocycles. The summed E-state index contributed by atoms with van der Waals surface area (Å²) in [5.74, 6) is 0.764. The standard InChI is InChI=1S/C24H28N4O2S/c1-16-5-4-6-17(15-16)27-11-13-28(14-12-27)21(29)10-9-20-25-23(30)22-18-7-2-3-8-19(18)31-24(22)26-20/h4-6,15H,2-3,7-14H2,1H3,(H,25,26,30). The molecule has 6 nitrogen and oxygen atoms in total. The highest BCUT2D eigenvalue weighted by atomic mass is 32.1. The van der Waals surface area contributed by atoms with Gasteiger partial charge in [-0.15, -0.1) is 11.3 Å². The third kappa shape index (κ3) is 4.11. The summed E-state index contributed by atoms with van der Waals surface area (Å²) >= 11 is 1.66. The van der Waals surface area contributed by atoms with Crippen molar-refractivity contribution in [3.05, 3.63) is 56.4 Å². The third-order valence-electron chi connectivity index (χ3n) is 6.45. The van der Waals surface area contributed by atoms with E-state index in [9.17, 15) is 9.59 Å². The first-order valence-corrected chi connectivity index (χ1v) is 12.0. The van der Waals surface area contributed by atoms with Gasteiger partial charge < -0.3 is 14.8 Å². The second kappa shape index (κ2) is 8.46. The van der Waals surface area contributed by atoms with Crippen LogP contribution in [0.1, 0.15) is 41.1 Å². The molecular formula is C24H28N4O2S. The molecule has 0 radical (unpaired) electrons. The zero-order chi connectivity index (χ0) is 21.4. The van der Waals surface area contributed by atoms with Gasteiger partial charge in [-0.05, 0) is 55.9 Å². The number of amides is 1. The second-order valence-electron chi connectivity index (χ2n) is 8.61. The number of benzene rings is 1. The highest BCUT2D eigenvalue weighted by Crippen LogP contribution is 2.33. The molecule has 0 bridgehead atoms. The van der Waals surface area contributed by atoms with Crippen molar-refractivity contribution in [2.24, 2.45) is 0 Å². The molecule has 0 atom stereocenters. The summed E-state index contributed by atoms with van der Waals surface area (Å²) < 4.78 is 0. The molecule has 1 aliphatic heterocycles. The van der Waals surface area contributed by atoms with Gasteiger partial charge in [0.1, 0.15) is 10.7 Å². The van der Waals surface area contributed by atoms with Crippen molar-refractivity contribution in [3.63, 3.8) is 0 Å². The first kappa shape index (κ1) is 20.2. The molecule has 3 heterocycles. The Hall–Kier alpha value is -2.67. The minimum absolute atomic E-state index is 0.0429. The quantitative estimate of drug-likeness (QED) is 0.680. The smallest absolute Gasteiger partial charge is 0.259 e. The monoisotopic (exact) mass is 436 g/mol. The molecule has 31 heavy (non-hydrogen) atoms. The van der Waals surface area contributed by atoms with Crippen LogP contribution in [0.5, 0.6) is 0 Å². The number of anilines is 1. The van der Waals surface area contributed by atoms with Gasteiger partial charge in [0.15, 0.2) is 0 Å². The van der Waals surface area contributed by atoms with Crippen molar-refractivity contribution >= 4 is 33.1 Å². The van der Waals surface area contributed by atoms with Crippen molar-refractivity contribution in [2.45, 2.75) is 45.4 Å². The van der Waals surface area contributed by atoms with Crippen molar-refractivity contribution in [1.29, 1.82) is 0 Å². The summed E-state index contributed by atoms with van der Waals surface area (Å²) in [6, 6.07) is 8.50. The minimum Gasteiger partial charge on any atom is -0.368 e. The molecule has 1 N–H and O–H groups in total. The van der Waals surface area contributed by atoms with Gasteiger partial charge in [-0.2, -0.15) is 0 Å². The Morgan fingerprint density at radius 2 is 1.97 bits per heavy atom. The van der Waals surface area contributed by atoms with E-state index in [2.05, 4.69) is 41.1 Å². The van der Waals surface area contributed by atoms with E-state index in [-0.39, 0.29) is 11.5 Å². The molecule has 2 aliphatic rings. The van der Waals surface area contributed by atoms with Crippen LogP contribution in [0.2, 0.25) is 0 Å². The molecule has 2 aromatic heterocycles. The predicted molar refractivity (Wildman–Crippen MR) is 125 cm³/mol. The first-order valence-electron chi connectivity index (χ1n) is 11.2. The Morgan fingerprint density at radius 3 is 2.77 bits per heavy atom. The molecule has 1 fully saturated rings. The molecule has 0 unspecified atom stereocenters. The van der Waals surface area contributed by atoms with E-state index in [0.29, 0.717) is 18.7 Å². The number of nitrogens with zero attached hydrogens (tertiary/aromatic N) is 3. The third-order valence-corrected chi connectivity index (χ3v) is 7.63. The van der Waals surface area contributed by atoms with Crippen molar-refractivity contribution in [2.75, 3.05) is 31.1 Å². The summed E-state index contributed by atoms with van der Waals surface area (Å²) in [6.07, 6.45) is 5.22. The Bertz CT molecular complexity index is 1170. The van der Waals surface area contributed by atoms with Crippen LogP contribution >= 0.6 is 11.3 Å². The number of nitrogens with one attached hydrogen (secondary N) is 1. The molecule has 162 valence electrons. The number of rotatable bonds is 4.